The van der Waals surface area contributed by atoms with E-state index in [0.29, 0.717) is 6.54 Å². The second kappa shape index (κ2) is 7.55. The molecule has 1 saturated carbocycles. The molecule has 2 atom stereocenters. The number of halogens is 1. The molecule has 6 nitrogen and oxygen atoms in total. The summed E-state index contributed by atoms with van der Waals surface area (Å²) < 4.78 is 32.1. The predicted octanol–water partition coefficient (Wildman–Crippen LogP) is 1.36. The maximum absolute atomic E-state index is 12.4. The summed E-state index contributed by atoms with van der Waals surface area (Å²) >= 11 is 1.06. The van der Waals surface area contributed by atoms with Crippen LogP contribution < -0.4 is 10.5 Å². The fourth-order valence-corrected chi connectivity index (χ4v) is 5.16. The van der Waals surface area contributed by atoms with Crippen molar-refractivity contribution in [2.24, 2.45) is 11.7 Å². The molecule has 0 aliphatic heterocycles. The topological polar surface area (TPSA) is 98.5 Å². The third kappa shape index (κ3) is 3.95. The molecule has 0 saturated heterocycles. The van der Waals surface area contributed by atoms with E-state index in [1.165, 1.54) is 13.2 Å². The Labute approximate surface area is 134 Å². The SMILES string of the molecule is COC(=O)c1sccc1S(=O)(=O)NC1CCCC1CN.Cl. The monoisotopic (exact) mass is 354 g/mol. The quantitative estimate of drug-likeness (QED) is 0.778. The molecule has 2 rings (SSSR count). The normalized spacial score (nSPS) is 21.8. The maximum Gasteiger partial charge on any atom is 0.349 e. The molecule has 2 unspecified atom stereocenters. The van der Waals surface area contributed by atoms with Crippen molar-refractivity contribution in [3.63, 3.8) is 0 Å². The predicted molar refractivity (Wildman–Crippen MR) is 83.4 cm³/mol. The molecule has 0 bridgehead atoms. The van der Waals surface area contributed by atoms with Gasteiger partial charge in [-0.1, -0.05) is 6.42 Å². The fraction of sp³-hybridized carbons (Fsp3) is 0.583. The van der Waals surface area contributed by atoms with Crippen molar-refractivity contribution in [3.8, 4) is 0 Å². The van der Waals surface area contributed by atoms with Crippen LogP contribution in [0.25, 0.3) is 0 Å². The van der Waals surface area contributed by atoms with Crippen LogP contribution in [0.4, 0.5) is 0 Å². The number of rotatable bonds is 5. The molecule has 1 aliphatic rings. The lowest BCUT2D eigenvalue weighted by Crippen LogP contribution is -2.40. The second-order valence-corrected chi connectivity index (χ2v) is 7.36. The zero-order valence-corrected chi connectivity index (χ0v) is 14.0. The molecule has 0 amide bonds. The lowest BCUT2D eigenvalue weighted by atomic mass is 10.1. The van der Waals surface area contributed by atoms with E-state index in [2.05, 4.69) is 9.46 Å². The van der Waals surface area contributed by atoms with E-state index in [1.807, 2.05) is 0 Å². The zero-order chi connectivity index (χ0) is 14.8. The standard InChI is InChI=1S/C12H18N2O4S2.ClH/c1-18-12(15)11-10(5-6-19-11)20(16,17)14-9-4-2-3-8(9)7-13;/h5-6,8-9,14H,2-4,7,13H2,1H3;1H. The molecule has 0 spiro atoms. The van der Waals surface area contributed by atoms with Gasteiger partial charge in [0.25, 0.3) is 0 Å². The number of esters is 1. The Bertz CT molecular complexity index is 588. The molecule has 120 valence electrons. The van der Waals surface area contributed by atoms with Gasteiger partial charge in [0.1, 0.15) is 9.77 Å². The average molecular weight is 355 g/mol. The highest BCUT2D eigenvalue weighted by molar-refractivity contribution is 7.89. The fourth-order valence-electron chi connectivity index (χ4n) is 2.49. The molecule has 1 heterocycles. The van der Waals surface area contributed by atoms with Gasteiger partial charge in [0.15, 0.2) is 0 Å². The van der Waals surface area contributed by atoms with E-state index in [4.69, 9.17) is 5.73 Å². The maximum atomic E-state index is 12.4. The Morgan fingerprint density at radius 1 is 1.52 bits per heavy atom. The summed E-state index contributed by atoms with van der Waals surface area (Å²) in [7, 11) is -2.50. The summed E-state index contributed by atoms with van der Waals surface area (Å²) in [5, 5.41) is 1.57. The van der Waals surface area contributed by atoms with Crippen molar-refractivity contribution in [2.75, 3.05) is 13.7 Å². The number of hydrogen-bond donors (Lipinski definition) is 2. The minimum absolute atomic E-state index is 0. The van der Waals surface area contributed by atoms with Gasteiger partial charge >= 0.3 is 5.97 Å². The summed E-state index contributed by atoms with van der Waals surface area (Å²) in [6.07, 6.45) is 2.67. The first-order chi connectivity index (χ1) is 9.49. The number of carbonyl (C=O) groups is 1. The first-order valence-electron chi connectivity index (χ1n) is 6.37. The van der Waals surface area contributed by atoms with Gasteiger partial charge in [-0.2, -0.15) is 0 Å². The number of thiophene rings is 1. The van der Waals surface area contributed by atoms with Crippen molar-refractivity contribution >= 4 is 39.7 Å². The van der Waals surface area contributed by atoms with Crippen LogP contribution in [0.1, 0.15) is 28.9 Å². The first kappa shape index (κ1) is 18.4. The van der Waals surface area contributed by atoms with Crippen LogP contribution in [0.3, 0.4) is 0 Å². The third-order valence-electron chi connectivity index (χ3n) is 3.56. The summed E-state index contributed by atoms with van der Waals surface area (Å²) in [5.41, 5.74) is 5.65. The summed E-state index contributed by atoms with van der Waals surface area (Å²) in [6, 6.07) is 1.27. The van der Waals surface area contributed by atoms with Gasteiger partial charge in [-0.25, -0.2) is 17.9 Å². The van der Waals surface area contributed by atoms with Gasteiger partial charge in [0.2, 0.25) is 10.0 Å². The highest BCUT2D eigenvalue weighted by Gasteiger charge is 2.32. The van der Waals surface area contributed by atoms with E-state index in [9.17, 15) is 13.2 Å². The Kier molecular flexibility index (Phi) is 6.61. The van der Waals surface area contributed by atoms with Crippen molar-refractivity contribution in [2.45, 2.75) is 30.2 Å². The van der Waals surface area contributed by atoms with Crippen LogP contribution in [0, 0.1) is 5.92 Å². The van der Waals surface area contributed by atoms with Crippen LogP contribution in [0.15, 0.2) is 16.3 Å². The summed E-state index contributed by atoms with van der Waals surface area (Å²) in [4.78, 5) is 11.7. The third-order valence-corrected chi connectivity index (χ3v) is 6.11. The molecule has 1 aromatic rings. The number of carbonyl (C=O) groups excluding carboxylic acids is 1. The largest absolute Gasteiger partial charge is 0.465 e. The number of ether oxygens (including phenoxy) is 1. The number of sulfonamides is 1. The van der Waals surface area contributed by atoms with E-state index < -0.39 is 16.0 Å². The van der Waals surface area contributed by atoms with Crippen molar-refractivity contribution in [1.29, 1.82) is 0 Å². The number of hydrogen-bond acceptors (Lipinski definition) is 6. The smallest absolute Gasteiger partial charge is 0.349 e. The molecule has 0 aromatic carbocycles. The van der Waals surface area contributed by atoms with Gasteiger partial charge in [-0.05, 0) is 36.8 Å². The first-order valence-corrected chi connectivity index (χ1v) is 8.74. The Morgan fingerprint density at radius 3 is 2.86 bits per heavy atom. The highest BCUT2D eigenvalue weighted by atomic mass is 35.5. The Hall–Kier alpha value is -0.670. The van der Waals surface area contributed by atoms with Crippen molar-refractivity contribution in [3.05, 3.63) is 16.3 Å². The zero-order valence-electron chi connectivity index (χ0n) is 11.6. The second-order valence-electron chi connectivity index (χ2n) is 4.76. The summed E-state index contributed by atoms with van der Waals surface area (Å²) in [6.45, 7) is 0.459. The highest BCUT2D eigenvalue weighted by Crippen LogP contribution is 2.28. The minimum Gasteiger partial charge on any atom is -0.465 e. The Morgan fingerprint density at radius 2 is 2.24 bits per heavy atom. The molecule has 0 radical (unpaired) electrons. The molecule has 9 heteroatoms. The molecule has 1 aromatic heterocycles. The van der Waals surface area contributed by atoms with Crippen LogP contribution in [0.2, 0.25) is 0 Å². The van der Waals surface area contributed by atoms with Gasteiger partial charge in [-0.15, -0.1) is 23.7 Å². The number of methoxy groups -OCH3 is 1. The average Bonchev–Trinajstić information content (AvgIpc) is 3.05. The Balaban J connectivity index is 0.00000220. The molecule has 1 fully saturated rings. The van der Waals surface area contributed by atoms with Gasteiger partial charge in [0, 0.05) is 6.04 Å². The van der Waals surface area contributed by atoms with E-state index in [1.54, 1.807) is 5.38 Å². The van der Waals surface area contributed by atoms with Crippen LogP contribution in [-0.2, 0) is 14.8 Å². The van der Waals surface area contributed by atoms with Gasteiger partial charge in [0.05, 0.1) is 7.11 Å². The molecule has 21 heavy (non-hydrogen) atoms. The van der Waals surface area contributed by atoms with Crippen LogP contribution in [0.5, 0.6) is 0 Å². The molecular weight excluding hydrogens is 336 g/mol. The summed E-state index contributed by atoms with van der Waals surface area (Å²) in [5.74, 6) is -0.479. The van der Waals surface area contributed by atoms with E-state index >= 15 is 0 Å². The molecule has 3 N–H and O–H groups in total. The van der Waals surface area contributed by atoms with Gasteiger partial charge in [-0.3, -0.25) is 0 Å². The van der Waals surface area contributed by atoms with E-state index in [0.717, 1.165) is 30.6 Å². The van der Waals surface area contributed by atoms with E-state index in [-0.39, 0.29) is 34.1 Å². The molecular formula is C12H19ClN2O4S2. The van der Waals surface area contributed by atoms with Crippen LogP contribution in [-0.4, -0.2) is 34.1 Å². The molecule has 1 aliphatic carbocycles. The lowest BCUT2D eigenvalue weighted by Gasteiger charge is -2.19. The minimum atomic E-state index is -3.73. The number of nitrogens with two attached hydrogens (primary N) is 1. The van der Waals surface area contributed by atoms with Crippen molar-refractivity contribution in [1.82, 2.24) is 4.72 Å². The van der Waals surface area contributed by atoms with Crippen LogP contribution >= 0.6 is 23.7 Å². The van der Waals surface area contributed by atoms with Gasteiger partial charge < -0.3 is 10.5 Å². The van der Waals surface area contributed by atoms with Crippen molar-refractivity contribution < 1.29 is 17.9 Å². The number of nitrogens with one attached hydrogen (secondary N) is 1. The lowest BCUT2D eigenvalue weighted by molar-refractivity contribution is 0.0602.